The molecule has 0 aromatic rings. The second-order valence-electron chi connectivity index (χ2n) is 6.13. The molecule has 14 heavy (non-hydrogen) atoms. The summed E-state index contributed by atoms with van der Waals surface area (Å²) in [5.41, 5.74) is 2.03. The highest BCUT2D eigenvalue weighted by Crippen LogP contribution is 2.72. The predicted octanol–water partition coefficient (Wildman–Crippen LogP) is 4.13. The van der Waals surface area contributed by atoms with Gasteiger partial charge in [0.05, 0.1) is 0 Å². The molecule has 6 atom stereocenters. The van der Waals surface area contributed by atoms with Gasteiger partial charge in [0.15, 0.2) is 0 Å². The normalized spacial score (nSPS) is 52.6. The Morgan fingerprint density at radius 2 is 2.00 bits per heavy atom. The van der Waals surface area contributed by atoms with Crippen molar-refractivity contribution in [2.75, 3.05) is 0 Å². The van der Waals surface area contributed by atoms with Gasteiger partial charge in [0.2, 0.25) is 0 Å². The standard InChI is InChI=1S/C14H24/c1-8(2)10(4)13-11(5)12-7-9(3)14(12,13)6/h9-13H,1,7H2,2-6H3. The minimum Gasteiger partial charge on any atom is -0.0999 e. The lowest BCUT2D eigenvalue weighted by atomic mass is 9.32. The summed E-state index contributed by atoms with van der Waals surface area (Å²) >= 11 is 0. The van der Waals surface area contributed by atoms with Gasteiger partial charge in [-0.05, 0) is 48.3 Å². The molecule has 0 N–H and O–H groups in total. The van der Waals surface area contributed by atoms with Crippen molar-refractivity contribution in [2.45, 2.75) is 41.0 Å². The van der Waals surface area contributed by atoms with Crippen molar-refractivity contribution in [3.63, 3.8) is 0 Å². The third-order valence-electron chi connectivity index (χ3n) is 5.70. The molecule has 0 aliphatic heterocycles. The molecule has 0 nitrogen and oxygen atoms in total. The summed E-state index contributed by atoms with van der Waals surface area (Å²) < 4.78 is 0. The molecular formula is C14H24. The molecule has 0 bridgehead atoms. The molecule has 0 radical (unpaired) electrons. The van der Waals surface area contributed by atoms with Crippen LogP contribution >= 0.6 is 0 Å². The first kappa shape index (κ1) is 10.3. The summed E-state index contributed by atoms with van der Waals surface area (Å²) in [6.45, 7) is 16.1. The summed E-state index contributed by atoms with van der Waals surface area (Å²) in [7, 11) is 0. The van der Waals surface area contributed by atoms with E-state index in [9.17, 15) is 0 Å². The molecule has 0 saturated heterocycles. The van der Waals surface area contributed by atoms with E-state index in [0.29, 0.717) is 11.3 Å². The first-order valence-corrected chi connectivity index (χ1v) is 6.06. The van der Waals surface area contributed by atoms with E-state index in [1.807, 2.05) is 0 Å². The Morgan fingerprint density at radius 3 is 2.43 bits per heavy atom. The summed E-state index contributed by atoms with van der Waals surface area (Å²) in [6.07, 6.45) is 1.47. The highest BCUT2D eigenvalue weighted by Gasteiger charge is 2.66. The average Bonchev–Trinajstić information content (AvgIpc) is 2.13. The van der Waals surface area contributed by atoms with Crippen LogP contribution < -0.4 is 0 Å². The molecule has 0 heteroatoms. The molecule has 2 aliphatic rings. The Balaban J connectivity index is 2.17. The predicted molar refractivity (Wildman–Crippen MR) is 62.0 cm³/mol. The van der Waals surface area contributed by atoms with Crippen LogP contribution in [0.25, 0.3) is 0 Å². The smallest absolute Gasteiger partial charge is 0.0201 e. The van der Waals surface area contributed by atoms with E-state index in [2.05, 4.69) is 41.2 Å². The van der Waals surface area contributed by atoms with Crippen molar-refractivity contribution in [1.29, 1.82) is 0 Å². The molecule has 80 valence electrons. The quantitative estimate of drug-likeness (QED) is 0.577. The van der Waals surface area contributed by atoms with Crippen LogP contribution in [0.3, 0.4) is 0 Å². The van der Waals surface area contributed by atoms with Gasteiger partial charge in [-0.15, -0.1) is 0 Å². The molecule has 0 amide bonds. The molecule has 0 spiro atoms. The molecule has 6 unspecified atom stereocenters. The second-order valence-corrected chi connectivity index (χ2v) is 6.13. The molecule has 0 aromatic heterocycles. The van der Waals surface area contributed by atoms with E-state index in [1.54, 1.807) is 0 Å². The number of allylic oxidation sites excluding steroid dienone is 1. The van der Waals surface area contributed by atoms with Crippen molar-refractivity contribution < 1.29 is 0 Å². The molecule has 2 saturated carbocycles. The van der Waals surface area contributed by atoms with Crippen LogP contribution in [0.4, 0.5) is 0 Å². The Hall–Kier alpha value is -0.260. The highest BCUT2D eigenvalue weighted by molar-refractivity contribution is 5.18. The molecule has 0 heterocycles. The van der Waals surface area contributed by atoms with Gasteiger partial charge in [-0.1, -0.05) is 39.8 Å². The van der Waals surface area contributed by atoms with E-state index < -0.39 is 0 Å². The van der Waals surface area contributed by atoms with Gasteiger partial charge in [-0.2, -0.15) is 0 Å². The molecule has 2 fully saturated rings. The zero-order chi connectivity index (χ0) is 10.7. The summed E-state index contributed by atoms with van der Waals surface area (Å²) in [5, 5.41) is 0. The number of hydrogen-bond acceptors (Lipinski definition) is 0. The molecule has 2 aliphatic carbocycles. The van der Waals surface area contributed by atoms with E-state index >= 15 is 0 Å². The van der Waals surface area contributed by atoms with Crippen LogP contribution in [0, 0.1) is 35.0 Å². The van der Waals surface area contributed by atoms with Crippen LogP contribution in [0.1, 0.15) is 41.0 Å². The summed E-state index contributed by atoms with van der Waals surface area (Å²) in [5.74, 6) is 4.51. The van der Waals surface area contributed by atoms with Crippen LogP contribution in [-0.4, -0.2) is 0 Å². The van der Waals surface area contributed by atoms with Crippen LogP contribution in [0.15, 0.2) is 12.2 Å². The van der Waals surface area contributed by atoms with Gasteiger partial charge >= 0.3 is 0 Å². The van der Waals surface area contributed by atoms with Gasteiger partial charge < -0.3 is 0 Å². The fourth-order valence-corrected chi connectivity index (χ4v) is 4.45. The average molecular weight is 192 g/mol. The zero-order valence-corrected chi connectivity index (χ0v) is 10.3. The molecule has 0 aromatic carbocycles. The summed E-state index contributed by atoms with van der Waals surface area (Å²) in [6, 6.07) is 0. The van der Waals surface area contributed by atoms with Crippen molar-refractivity contribution >= 4 is 0 Å². The second kappa shape index (κ2) is 2.87. The van der Waals surface area contributed by atoms with E-state index in [1.165, 1.54) is 12.0 Å². The van der Waals surface area contributed by atoms with Crippen molar-refractivity contribution in [2.24, 2.45) is 35.0 Å². The fourth-order valence-electron chi connectivity index (χ4n) is 4.45. The van der Waals surface area contributed by atoms with Gasteiger partial charge in [-0.25, -0.2) is 0 Å². The van der Waals surface area contributed by atoms with Gasteiger partial charge in [0, 0.05) is 0 Å². The van der Waals surface area contributed by atoms with E-state index in [4.69, 9.17) is 0 Å². The van der Waals surface area contributed by atoms with E-state index in [0.717, 1.165) is 23.7 Å². The third kappa shape index (κ3) is 0.951. The van der Waals surface area contributed by atoms with Gasteiger partial charge in [0.25, 0.3) is 0 Å². The summed E-state index contributed by atoms with van der Waals surface area (Å²) in [4.78, 5) is 0. The first-order valence-electron chi connectivity index (χ1n) is 6.06. The first-order chi connectivity index (χ1) is 6.40. The monoisotopic (exact) mass is 192 g/mol. The minimum atomic E-state index is 0.651. The Labute approximate surface area is 88.8 Å². The maximum absolute atomic E-state index is 4.13. The number of hydrogen-bond donors (Lipinski definition) is 0. The molecular weight excluding hydrogens is 168 g/mol. The largest absolute Gasteiger partial charge is 0.0999 e. The van der Waals surface area contributed by atoms with Crippen LogP contribution in [0.2, 0.25) is 0 Å². The topological polar surface area (TPSA) is 0 Å². The zero-order valence-electron chi connectivity index (χ0n) is 10.3. The van der Waals surface area contributed by atoms with E-state index in [-0.39, 0.29) is 0 Å². The Kier molecular flexibility index (Phi) is 2.10. The number of fused-ring (bicyclic) bond motifs is 1. The van der Waals surface area contributed by atoms with Crippen molar-refractivity contribution in [1.82, 2.24) is 0 Å². The van der Waals surface area contributed by atoms with Crippen LogP contribution in [0.5, 0.6) is 0 Å². The lowest BCUT2D eigenvalue weighted by molar-refractivity contribution is -0.237. The van der Waals surface area contributed by atoms with Crippen molar-refractivity contribution in [3.05, 3.63) is 12.2 Å². The Bertz CT molecular complexity index is 265. The number of rotatable bonds is 2. The van der Waals surface area contributed by atoms with Gasteiger partial charge in [-0.3, -0.25) is 0 Å². The van der Waals surface area contributed by atoms with Crippen molar-refractivity contribution in [3.8, 4) is 0 Å². The SMILES string of the molecule is C=C(C)C(C)C1C(C)C2CC(C)C21C. The third-order valence-corrected chi connectivity index (χ3v) is 5.70. The fraction of sp³-hybridized carbons (Fsp3) is 0.857. The van der Waals surface area contributed by atoms with Gasteiger partial charge in [0.1, 0.15) is 0 Å². The minimum absolute atomic E-state index is 0.651. The Morgan fingerprint density at radius 1 is 1.43 bits per heavy atom. The van der Waals surface area contributed by atoms with Crippen LogP contribution in [-0.2, 0) is 0 Å². The highest BCUT2D eigenvalue weighted by atomic mass is 14.7. The maximum Gasteiger partial charge on any atom is -0.0201 e. The maximum atomic E-state index is 4.13. The lowest BCUT2D eigenvalue weighted by Gasteiger charge is -2.72. The molecule has 2 rings (SSSR count). The lowest BCUT2D eigenvalue weighted by Crippen LogP contribution is -2.67.